The van der Waals surface area contributed by atoms with Gasteiger partial charge in [0.1, 0.15) is 6.61 Å². The van der Waals surface area contributed by atoms with Gasteiger partial charge in [0.25, 0.3) is 0 Å². The van der Waals surface area contributed by atoms with Gasteiger partial charge in [-0.15, -0.1) is 0 Å². The predicted octanol–water partition coefficient (Wildman–Crippen LogP) is 4.06. The average molecular weight is 375 g/mol. The van der Waals surface area contributed by atoms with E-state index in [0.29, 0.717) is 36.7 Å². The number of aliphatic hydroxyl groups excluding tert-OH is 1. The summed E-state index contributed by atoms with van der Waals surface area (Å²) < 4.78 is 5.63. The molecule has 150 valence electrons. The Balaban J connectivity index is 1.78. The normalized spacial score (nSPS) is 46.6. The van der Waals surface area contributed by atoms with Crippen molar-refractivity contribution in [2.45, 2.75) is 78.7 Å². The fourth-order valence-electron chi connectivity index (χ4n) is 7.54. The van der Waals surface area contributed by atoms with Gasteiger partial charge < -0.3 is 9.84 Å². The largest absolute Gasteiger partial charge is 0.465 e. The monoisotopic (exact) mass is 374 g/mol. The average Bonchev–Trinajstić information content (AvgIpc) is 2.93. The minimum atomic E-state index is -0.231. The van der Waals surface area contributed by atoms with Gasteiger partial charge in [-0.05, 0) is 80.1 Å². The number of carbonyl (C=O) groups is 2. The summed E-state index contributed by atoms with van der Waals surface area (Å²) in [6.07, 6.45) is 6.23. The van der Waals surface area contributed by atoms with E-state index in [2.05, 4.69) is 13.8 Å². The quantitative estimate of drug-likeness (QED) is 0.741. The van der Waals surface area contributed by atoms with Gasteiger partial charge in [0.2, 0.25) is 0 Å². The molecular formula is C23H34O4. The third kappa shape index (κ3) is 2.66. The Hall–Kier alpha value is -1.16. The Morgan fingerprint density at radius 1 is 1.22 bits per heavy atom. The second kappa shape index (κ2) is 6.43. The summed E-state index contributed by atoms with van der Waals surface area (Å²) in [7, 11) is 0. The molecule has 4 nitrogen and oxygen atoms in total. The number of esters is 1. The molecule has 7 atom stereocenters. The zero-order chi connectivity index (χ0) is 19.6. The summed E-state index contributed by atoms with van der Waals surface area (Å²) in [5.41, 5.74) is 2.06. The van der Waals surface area contributed by atoms with Gasteiger partial charge in [0, 0.05) is 18.8 Å². The fourth-order valence-corrected chi connectivity index (χ4v) is 7.54. The molecule has 4 aliphatic carbocycles. The van der Waals surface area contributed by atoms with E-state index in [1.54, 1.807) is 0 Å². The summed E-state index contributed by atoms with van der Waals surface area (Å²) in [5, 5.41) is 10.7. The molecule has 0 amide bonds. The van der Waals surface area contributed by atoms with Crippen molar-refractivity contribution in [3.05, 3.63) is 11.1 Å². The Morgan fingerprint density at radius 3 is 2.67 bits per heavy atom. The van der Waals surface area contributed by atoms with Gasteiger partial charge in [-0.2, -0.15) is 0 Å². The highest BCUT2D eigenvalue weighted by Gasteiger charge is 2.62. The summed E-state index contributed by atoms with van der Waals surface area (Å²) in [4.78, 5) is 24.1. The highest BCUT2D eigenvalue weighted by Crippen LogP contribution is 2.67. The van der Waals surface area contributed by atoms with Crippen LogP contribution in [-0.4, -0.2) is 29.6 Å². The molecule has 3 fully saturated rings. The number of aliphatic hydroxyl groups is 1. The van der Waals surface area contributed by atoms with E-state index in [1.807, 2.05) is 6.92 Å². The van der Waals surface area contributed by atoms with Gasteiger partial charge in [0.15, 0.2) is 5.78 Å². The molecule has 27 heavy (non-hydrogen) atoms. The molecule has 0 aromatic heterocycles. The first kappa shape index (κ1) is 19.2. The number of hydrogen-bond donors (Lipinski definition) is 1. The van der Waals surface area contributed by atoms with Crippen molar-refractivity contribution in [2.75, 3.05) is 6.61 Å². The molecule has 0 heterocycles. The first-order chi connectivity index (χ1) is 12.7. The number of ketones is 1. The van der Waals surface area contributed by atoms with E-state index in [0.717, 1.165) is 44.1 Å². The minimum Gasteiger partial charge on any atom is -0.465 e. The van der Waals surface area contributed by atoms with Crippen LogP contribution in [0.2, 0.25) is 0 Å². The SMILES string of the molecule is CC(=O)OC[C@]12CCC(=O)C(C)=C1C[C@@H](C)[C@@H]1[C@@H]2CC[C@]2(C)[C@@H](O)CC[C@@H]12. The molecule has 0 aliphatic heterocycles. The summed E-state index contributed by atoms with van der Waals surface area (Å²) >= 11 is 0. The van der Waals surface area contributed by atoms with E-state index < -0.39 is 0 Å². The molecule has 1 N–H and O–H groups in total. The predicted molar refractivity (Wildman–Crippen MR) is 103 cm³/mol. The van der Waals surface area contributed by atoms with Crippen molar-refractivity contribution in [1.29, 1.82) is 0 Å². The number of ether oxygens (including phenoxy) is 1. The lowest BCUT2D eigenvalue weighted by Gasteiger charge is -2.60. The van der Waals surface area contributed by atoms with Gasteiger partial charge >= 0.3 is 5.97 Å². The topological polar surface area (TPSA) is 63.6 Å². The van der Waals surface area contributed by atoms with Crippen LogP contribution in [0.15, 0.2) is 11.1 Å². The van der Waals surface area contributed by atoms with Crippen molar-refractivity contribution < 1.29 is 19.4 Å². The maximum absolute atomic E-state index is 12.5. The molecule has 0 spiro atoms. The van der Waals surface area contributed by atoms with E-state index in [1.165, 1.54) is 12.5 Å². The third-order valence-electron chi connectivity index (χ3n) is 8.98. The van der Waals surface area contributed by atoms with Crippen LogP contribution < -0.4 is 0 Å². The van der Waals surface area contributed by atoms with Gasteiger partial charge in [-0.1, -0.05) is 19.4 Å². The standard InChI is InChI=1S/C23H34O4/c1-13-11-18-14(2)19(25)8-10-23(18,12-27-15(3)24)17-7-9-22(4)16(21(13)17)5-6-20(22)26/h13,16-17,20-21,26H,5-12H2,1-4H3/t13-,16+,17+,20+,21+,22+,23+/m1/s1. The molecule has 0 aromatic carbocycles. The lowest BCUT2D eigenvalue weighted by molar-refractivity contribution is -0.153. The number of rotatable bonds is 2. The van der Waals surface area contributed by atoms with Gasteiger partial charge in [-0.25, -0.2) is 0 Å². The van der Waals surface area contributed by atoms with E-state index in [9.17, 15) is 14.7 Å². The van der Waals surface area contributed by atoms with Crippen molar-refractivity contribution in [3.8, 4) is 0 Å². The first-order valence-electron chi connectivity index (χ1n) is 10.8. The molecule has 0 radical (unpaired) electrons. The van der Waals surface area contributed by atoms with Crippen LogP contribution in [0.5, 0.6) is 0 Å². The first-order valence-corrected chi connectivity index (χ1v) is 10.8. The molecule has 0 bridgehead atoms. The molecule has 3 saturated carbocycles. The highest BCUT2D eigenvalue weighted by molar-refractivity contribution is 5.96. The van der Waals surface area contributed by atoms with Crippen LogP contribution in [0, 0.1) is 34.5 Å². The molecule has 4 heteroatoms. The lowest BCUT2D eigenvalue weighted by Crippen LogP contribution is -2.56. The van der Waals surface area contributed by atoms with Crippen molar-refractivity contribution in [3.63, 3.8) is 0 Å². The Morgan fingerprint density at radius 2 is 1.96 bits per heavy atom. The Kier molecular flexibility index (Phi) is 4.57. The Bertz CT molecular complexity index is 694. The zero-order valence-corrected chi connectivity index (χ0v) is 17.2. The number of fused-ring (bicyclic) bond motifs is 5. The van der Waals surface area contributed by atoms with Gasteiger partial charge in [0.05, 0.1) is 6.10 Å². The summed E-state index contributed by atoms with van der Waals surface area (Å²) in [6.45, 7) is 8.51. The molecule has 0 unspecified atom stereocenters. The van der Waals surface area contributed by atoms with Crippen molar-refractivity contribution in [1.82, 2.24) is 0 Å². The van der Waals surface area contributed by atoms with Crippen molar-refractivity contribution in [2.24, 2.45) is 34.5 Å². The van der Waals surface area contributed by atoms with Crippen LogP contribution in [0.1, 0.15) is 72.6 Å². The van der Waals surface area contributed by atoms with E-state index >= 15 is 0 Å². The van der Waals surface area contributed by atoms with Gasteiger partial charge in [-0.3, -0.25) is 9.59 Å². The maximum atomic E-state index is 12.5. The maximum Gasteiger partial charge on any atom is 0.302 e. The molecule has 0 aromatic rings. The number of hydrogen-bond acceptors (Lipinski definition) is 4. The zero-order valence-electron chi connectivity index (χ0n) is 17.2. The third-order valence-corrected chi connectivity index (χ3v) is 8.98. The smallest absolute Gasteiger partial charge is 0.302 e. The highest BCUT2D eigenvalue weighted by atomic mass is 16.5. The van der Waals surface area contributed by atoms with Crippen LogP contribution in [-0.2, 0) is 14.3 Å². The fraction of sp³-hybridized carbons (Fsp3) is 0.826. The van der Waals surface area contributed by atoms with Crippen LogP contribution >= 0.6 is 0 Å². The Labute approximate surface area is 162 Å². The van der Waals surface area contributed by atoms with Crippen LogP contribution in [0.3, 0.4) is 0 Å². The number of carbonyl (C=O) groups excluding carboxylic acids is 2. The lowest BCUT2D eigenvalue weighted by atomic mass is 9.44. The molecular weight excluding hydrogens is 340 g/mol. The van der Waals surface area contributed by atoms with Crippen LogP contribution in [0.25, 0.3) is 0 Å². The number of Topliss-reactive ketones (excluding diaryl/α,β-unsaturated/α-hetero) is 1. The van der Waals surface area contributed by atoms with E-state index in [4.69, 9.17) is 4.74 Å². The summed E-state index contributed by atoms with van der Waals surface area (Å²) in [6, 6.07) is 0. The second-order valence-electron chi connectivity index (χ2n) is 10.1. The molecule has 0 saturated heterocycles. The van der Waals surface area contributed by atoms with Crippen LogP contribution in [0.4, 0.5) is 0 Å². The second-order valence-corrected chi connectivity index (χ2v) is 10.1. The minimum absolute atomic E-state index is 0.0266. The van der Waals surface area contributed by atoms with E-state index in [-0.39, 0.29) is 28.7 Å². The summed E-state index contributed by atoms with van der Waals surface area (Å²) in [5.74, 6) is 2.07. The van der Waals surface area contributed by atoms with Crippen molar-refractivity contribution >= 4 is 11.8 Å². The molecule has 4 aliphatic rings. The molecule has 4 rings (SSSR count).